The van der Waals surface area contributed by atoms with Gasteiger partial charge in [0.05, 0.1) is 19.3 Å². The number of carboxylic acids is 1. The Kier molecular flexibility index (Phi) is 5.27. The normalized spacial score (nSPS) is 18.8. The summed E-state index contributed by atoms with van der Waals surface area (Å²) in [6.45, 7) is 0.345. The molecule has 19 heavy (non-hydrogen) atoms. The van der Waals surface area contributed by atoms with Crippen molar-refractivity contribution in [2.75, 3.05) is 26.1 Å². The van der Waals surface area contributed by atoms with Crippen LogP contribution in [0.4, 0.5) is 0 Å². The van der Waals surface area contributed by atoms with E-state index in [1.54, 1.807) is 0 Å². The van der Waals surface area contributed by atoms with Crippen molar-refractivity contribution in [3.05, 3.63) is 0 Å². The molecule has 1 fully saturated rings. The molecule has 0 bridgehead atoms. The molecule has 0 aromatic rings. The molecule has 1 saturated heterocycles. The van der Waals surface area contributed by atoms with E-state index >= 15 is 0 Å². The lowest BCUT2D eigenvalue weighted by molar-refractivity contribution is -0.148. The van der Waals surface area contributed by atoms with Gasteiger partial charge in [-0.05, 0) is 0 Å². The van der Waals surface area contributed by atoms with Gasteiger partial charge in [-0.15, -0.1) is 0 Å². The van der Waals surface area contributed by atoms with Crippen LogP contribution in [0, 0.1) is 0 Å². The molecular formula is C10H17NO7S. The lowest BCUT2D eigenvalue weighted by Gasteiger charge is -2.33. The van der Waals surface area contributed by atoms with Crippen LogP contribution in [-0.4, -0.2) is 57.1 Å². The van der Waals surface area contributed by atoms with Crippen molar-refractivity contribution < 1.29 is 32.6 Å². The van der Waals surface area contributed by atoms with Gasteiger partial charge in [0, 0.05) is 26.1 Å². The van der Waals surface area contributed by atoms with Crippen LogP contribution in [0.15, 0.2) is 0 Å². The van der Waals surface area contributed by atoms with Gasteiger partial charge < -0.3 is 14.6 Å². The summed E-state index contributed by atoms with van der Waals surface area (Å²) in [5.74, 6) is -2.41. The Morgan fingerprint density at radius 3 is 2.42 bits per heavy atom. The van der Waals surface area contributed by atoms with E-state index in [9.17, 15) is 23.1 Å². The van der Waals surface area contributed by atoms with Crippen LogP contribution in [0.2, 0.25) is 0 Å². The molecule has 0 unspecified atom stereocenters. The maximum absolute atomic E-state index is 11.8. The minimum absolute atomic E-state index is 0.0553. The van der Waals surface area contributed by atoms with Gasteiger partial charge in [0.15, 0.2) is 0 Å². The molecular weight excluding hydrogens is 278 g/mol. The number of rotatable bonds is 6. The van der Waals surface area contributed by atoms with Crippen LogP contribution < -0.4 is 4.72 Å². The van der Waals surface area contributed by atoms with E-state index in [4.69, 9.17) is 4.74 Å². The van der Waals surface area contributed by atoms with E-state index in [1.165, 1.54) is 0 Å². The van der Waals surface area contributed by atoms with Crippen LogP contribution in [0.25, 0.3) is 0 Å². The summed E-state index contributed by atoms with van der Waals surface area (Å²) in [5, 5.41) is 9.20. The van der Waals surface area contributed by atoms with Crippen LogP contribution in [0.1, 0.15) is 19.3 Å². The number of sulfonamides is 1. The molecule has 110 valence electrons. The number of methoxy groups -OCH3 is 1. The lowest BCUT2D eigenvalue weighted by atomic mass is 9.92. The molecule has 0 amide bonds. The second-order valence-electron chi connectivity index (χ2n) is 4.25. The molecule has 0 atom stereocenters. The fourth-order valence-corrected chi connectivity index (χ4v) is 3.17. The highest BCUT2D eigenvalue weighted by molar-refractivity contribution is 7.89. The summed E-state index contributed by atoms with van der Waals surface area (Å²) in [6.07, 6.45) is -0.211. The molecule has 0 radical (unpaired) electrons. The Morgan fingerprint density at radius 1 is 1.37 bits per heavy atom. The van der Waals surface area contributed by atoms with Gasteiger partial charge >= 0.3 is 11.9 Å². The lowest BCUT2D eigenvalue weighted by Crippen LogP contribution is -2.57. The zero-order valence-electron chi connectivity index (χ0n) is 10.5. The highest BCUT2D eigenvalue weighted by atomic mass is 32.2. The quantitative estimate of drug-likeness (QED) is 0.609. The summed E-state index contributed by atoms with van der Waals surface area (Å²) in [7, 11) is -2.72. The number of hydrogen-bond donors (Lipinski definition) is 2. The summed E-state index contributed by atoms with van der Waals surface area (Å²) < 4.78 is 35.2. The highest BCUT2D eigenvalue weighted by Crippen LogP contribution is 2.22. The first kappa shape index (κ1) is 15.9. The first-order valence-corrected chi connectivity index (χ1v) is 7.36. The standard InChI is InChI=1S/C10H17NO7S/c1-17-8(12)2-7-19(15,16)11-10(9(13)14)3-5-18-6-4-10/h11H,2-7H2,1H3,(H,13,14). The predicted octanol–water partition coefficient (Wildman–Crippen LogP) is -0.897. The van der Waals surface area contributed by atoms with Crippen LogP contribution in [0.3, 0.4) is 0 Å². The first-order chi connectivity index (χ1) is 8.81. The fraction of sp³-hybridized carbons (Fsp3) is 0.800. The number of hydrogen-bond acceptors (Lipinski definition) is 6. The number of carboxylic acid groups (broad SMARTS) is 1. The van der Waals surface area contributed by atoms with Crippen LogP contribution >= 0.6 is 0 Å². The van der Waals surface area contributed by atoms with Crippen molar-refractivity contribution in [3.63, 3.8) is 0 Å². The summed E-state index contributed by atoms with van der Waals surface area (Å²) >= 11 is 0. The van der Waals surface area contributed by atoms with Crippen LogP contribution in [0.5, 0.6) is 0 Å². The molecule has 8 nitrogen and oxygen atoms in total. The molecule has 0 aromatic heterocycles. The van der Waals surface area contributed by atoms with Gasteiger partial charge in [-0.25, -0.2) is 8.42 Å². The van der Waals surface area contributed by atoms with E-state index < -0.39 is 33.3 Å². The monoisotopic (exact) mass is 295 g/mol. The van der Waals surface area contributed by atoms with Crippen molar-refractivity contribution in [1.29, 1.82) is 0 Å². The molecule has 0 aliphatic carbocycles. The third kappa shape index (κ3) is 4.44. The molecule has 1 aliphatic heterocycles. The van der Waals surface area contributed by atoms with Gasteiger partial charge in [-0.2, -0.15) is 4.72 Å². The van der Waals surface area contributed by atoms with E-state index in [0.29, 0.717) is 0 Å². The SMILES string of the molecule is COC(=O)CCS(=O)(=O)NC1(C(=O)O)CCOCC1. The predicted molar refractivity (Wildman–Crippen MR) is 64.0 cm³/mol. The van der Waals surface area contributed by atoms with Crippen molar-refractivity contribution >= 4 is 22.0 Å². The molecule has 0 saturated carbocycles. The number of carbonyl (C=O) groups excluding carboxylic acids is 1. The number of nitrogens with one attached hydrogen (secondary N) is 1. The summed E-state index contributed by atoms with van der Waals surface area (Å²) in [5.41, 5.74) is -1.55. The zero-order chi connectivity index (χ0) is 14.5. The van der Waals surface area contributed by atoms with E-state index in [0.717, 1.165) is 7.11 Å². The molecule has 2 N–H and O–H groups in total. The molecule has 1 rings (SSSR count). The Balaban J connectivity index is 2.73. The number of esters is 1. The van der Waals surface area contributed by atoms with E-state index in [1.807, 2.05) is 0 Å². The van der Waals surface area contributed by atoms with Gasteiger partial charge in [-0.3, -0.25) is 9.59 Å². The van der Waals surface area contributed by atoms with Gasteiger partial charge in [0.2, 0.25) is 10.0 Å². The van der Waals surface area contributed by atoms with Gasteiger partial charge in [0.25, 0.3) is 0 Å². The average molecular weight is 295 g/mol. The molecule has 0 spiro atoms. The minimum Gasteiger partial charge on any atom is -0.480 e. The Labute approximate surface area is 111 Å². The number of carbonyl (C=O) groups is 2. The second-order valence-corrected chi connectivity index (χ2v) is 6.09. The summed E-state index contributed by atoms with van der Waals surface area (Å²) in [4.78, 5) is 22.2. The fourth-order valence-electron chi connectivity index (χ4n) is 1.75. The minimum atomic E-state index is -3.88. The highest BCUT2D eigenvalue weighted by Gasteiger charge is 2.43. The summed E-state index contributed by atoms with van der Waals surface area (Å²) in [6, 6.07) is 0. The topological polar surface area (TPSA) is 119 Å². The van der Waals surface area contributed by atoms with Crippen molar-refractivity contribution in [3.8, 4) is 0 Å². The third-order valence-electron chi connectivity index (χ3n) is 2.91. The van der Waals surface area contributed by atoms with E-state index in [2.05, 4.69) is 9.46 Å². The Bertz CT molecular complexity index is 439. The molecule has 0 aromatic carbocycles. The van der Waals surface area contributed by atoms with Crippen molar-refractivity contribution in [2.45, 2.75) is 24.8 Å². The third-order valence-corrected chi connectivity index (χ3v) is 4.35. The maximum atomic E-state index is 11.8. The maximum Gasteiger partial charge on any atom is 0.325 e. The molecule has 1 aliphatic rings. The Morgan fingerprint density at radius 2 is 1.95 bits per heavy atom. The molecule has 1 heterocycles. The van der Waals surface area contributed by atoms with Crippen molar-refractivity contribution in [2.24, 2.45) is 0 Å². The average Bonchev–Trinajstić information content (AvgIpc) is 2.36. The van der Waals surface area contributed by atoms with Crippen molar-refractivity contribution in [1.82, 2.24) is 4.72 Å². The second kappa shape index (κ2) is 6.31. The largest absolute Gasteiger partial charge is 0.480 e. The molecule has 9 heteroatoms. The first-order valence-electron chi connectivity index (χ1n) is 5.71. The number of aliphatic carboxylic acids is 1. The van der Waals surface area contributed by atoms with Gasteiger partial charge in [0.1, 0.15) is 5.54 Å². The van der Waals surface area contributed by atoms with Gasteiger partial charge in [-0.1, -0.05) is 0 Å². The number of ether oxygens (including phenoxy) is 2. The van der Waals surface area contributed by atoms with Crippen LogP contribution in [-0.2, 0) is 29.1 Å². The Hall–Kier alpha value is -1.19. The smallest absolute Gasteiger partial charge is 0.325 e. The zero-order valence-corrected chi connectivity index (χ0v) is 11.4. The van der Waals surface area contributed by atoms with E-state index in [-0.39, 0.29) is 32.5 Å².